The van der Waals surface area contributed by atoms with Gasteiger partial charge in [0.1, 0.15) is 5.75 Å². The minimum atomic E-state index is 0.805. The normalized spacial score (nSPS) is 12.9. The van der Waals surface area contributed by atoms with Crippen molar-refractivity contribution >= 4 is 27.3 Å². The molecule has 2 aromatic carbocycles. The van der Waals surface area contributed by atoms with E-state index >= 15 is 0 Å². The summed E-state index contributed by atoms with van der Waals surface area (Å²) in [5.74, 6) is 0.805. The van der Waals surface area contributed by atoms with Crippen LogP contribution in [0.25, 0.3) is 10.2 Å². The van der Waals surface area contributed by atoms with Gasteiger partial charge < -0.3 is 9.30 Å². The van der Waals surface area contributed by atoms with Gasteiger partial charge in [0, 0.05) is 12.6 Å². The summed E-state index contributed by atoms with van der Waals surface area (Å²) in [5.41, 5.74) is 2.95. The van der Waals surface area contributed by atoms with Crippen molar-refractivity contribution in [1.82, 2.24) is 4.57 Å². The van der Waals surface area contributed by atoms with Crippen LogP contribution in [-0.4, -0.2) is 17.4 Å². The number of benzene rings is 2. The number of thiazole rings is 1. The third kappa shape index (κ3) is 2.67. The van der Waals surface area contributed by atoms with Crippen molar-refractivity contribution in [2.45, 2.75) is 6.92 Å². The lowest BCUT2D eigenvalue weighted by Crippen LogP contribution is -2.09. The second-order valence-electron chi connectivity index (χ2n) is 4.90. The smallest absolute Gasteiger partial charge is 0.211 e. The third-order valence-corrected chi connectivity index (χ3v) is 4.60. The summed E-state index contributed by atoms with van der Waals surface area (Å²) in [7, 11) is 3.67. The molecule has 0 saturated heterocycles. The van der Waals surface area contributed by atoms with Crippen molar-refractivity contribution in [3.8, 4) is 5.75 Å². The lowest BCUT2D eigenvalue weighted by atomic mass is 10.1. The summed E-state index contributed by atoms with van der Waals surface area (Å²) in [4.78, 5) is 0.871. The average molecular weight is 311 g/mol. The number of rotatable bonds is 3. The van der Waals surface area contributed by atoms with Gasteiger partial charge in [-0.2, -0.15) is 5.10 Å². The van der Waals surface area contributed by atoms with Gasteiger partial charge in [-0.25, -0.2) is 0 Å². The van der Waals surface area contributed by atoms with Crippen molar-refractivity contribution in [3.05, 3.63) is 58.9 Å². The highest BCUT2D eigenvalue weighted by Crippen LogP contribution is 2.18. The van der Waals surface area contributed by atoms with Crippen LogP contribution in [0.2, 0.25) is 0 Å². The number of hydrogen-bond acceptors (Lipinski definition) is 4. The number of para-hydroxylation sites is 2. The van der Waals surface area contributed by atoms with E-state index in [-0.39, 0.29) is 0 Å². The van der Waals surface area contributed by atoms with E-state index in [1.54, 1.807) is 18.4 Å². The fourth-order valence-electron chi connectivity index (χ4n) is 2.29. The van der Waals surface area contributed by atoms with Crippen LogP contribution in [0.3, 0.4) is 0 Å². The van der Waals surface area contributed by atoms with Gasteiger partial charge in [0.25, 0.3) is 0 Å². The number of hydrogen-bond donors (Lipinski definition) is 0. The number of ether oxygens (including phenoxy) is 1. The van der Waals surface area contributed by atoms with Crippen LogP contribution < -0.4 is 9.54 Å². The first-order chi connectivity index (χ1) is 10.7. The van der Waals surface area contributed by atoms with Gasteiger partial charge in [-0.3, -0.25) is 0 Å². The Morgan fingerprint density at radius 2 is 1.82 bits per heavy atom. The van der Waals surface area contributed by atoms with E-state index in [0.29, 0.717) is 0 Å². The zero-order valence-electron chi connectivity index (χ0n) is 12.8. The Morgan fingerprint density at radius 1 is 1.09 bits per heavy atom. The molecule has 0 radical (unpaired) electrons. The molecule has 3 aromatic rings. The maximum absolute atomic E-state index is 5.37. The van der Waals surface area contributed by atoms with Gasteiger partial charge in [-0.05, 0) is 31.2 Å². The Hall–Kier alpha value is -2.40. The number of aromatic nitrogens is 1. The first-order valence-electron chi connectivity index (χ1n) is 6.97. The molecule has 0 aliphatic carbocycles. The van der Waals surface area contributed by atoms with E-state index in [9.17, 15) is 0 Å². The van der Waals surface area contributed by atoms with Crippen molar-refractivity contribution in [3.63, 3.8) is 0 Å². The van der Waals surface area contributed by atoms with Crippen LogP contribution in [0.15, 0.2) is 58.7 Å². The Labute approximate surface area is 133 Å². The second kappa shape index (κ2) is 6.15. The molecule has 1 aromatic heterocycles. The lowest BCUT2D eigenvalue weighted by Gasteiger charge is -2.05. The molecule has 0 aliphatic rings. The van der Waals surface area contributed by atoms with Gasteiger partial charge in [-0.1, -0.05) is 35.6 Å². The maximum atomic E-state index is 5.37. The van der Waals surface area contributed by atoms with E-state index in [1.165, 1.54) is 4.70 Å². The van der Waals surface area contributed by atoms with Crippen LogP contribution in [0.5, 0.6) is 5.75 Å². The molecule has 0 spiro atoms. The fourth-order valence-corrected chi connectivity index (χ4v) is 3.26. The SMILES string of the molecule is COc1ccccc1C(C)=NN=c1sc2ccccc2n1C. The zero-order chi connectivity index (χ0) is 15.5. The third-order valence-electron chi connectivity index (χ3n) is 3.50. The zero-order valence-corrected chi connectivity index (χ0v) is 13.6. The number of fused-ring (bicyclic) bond motifs is 1. The molecule has 112 valence electrons. The average Bonchev–Trinajstić information content (AvgIpc) is 2.89. The topological polar surface area (TPSA) is 38.9 Å². The van der Waals surface area contributed by atoms with Crippen molar-refractivity contribution in [2.24, 2.45) is 17.3 Å². The molecule has 0 bridgehead atoms. The molecular weight excluding hydrogens is 294 g/mol. The quantitative estimate of drug-likeness (QED) is 0.538. The van der Waals surface area contributed by atoms with Crippen molar-refractivity contribution < 1.29 is 4.74 Å². The summed E-state index contributed by atoms with van der Waals surface area (Å²) >= 11 is 1.63. The molecule has 1 heterocycles. The summed E-state index contributed by atoms with van der Waals surface area (Å²) in [5, 5.41) is 8.79. The number of nitrogens with zero attached hydrogens (tertiary/aromatic N) is 3. The molecule has 0 saturated carbocycles. The molecule has 3 rings (SSSR count). The Balaban J connectivity index is 2.05. The van der Waals surface area contributed by atoms with Crippen LogP contribution >= 0.6 is 11.3 Å². The fraction of sp³-hybridized carbons (Fsp3) is 0.176. The highest BCUT2D eigenvalue weighted by molar-refractivity contribution is 7.16. The largest absolute Gasteiger partial charge is 0.496 e. The number of aryl methyl sites for hydroxylation is 1. The summed E-state index contributed by atoms with van der Waals surface area (Å²) < 4.78 is 8.62. The molecular formula is C17H17N3OS. The van der Waals surface area contributed by atoms with Gasteiger partial charge >= 0.3 is 0 Å². The van der Waals surface area contributed by atoms with E-state index in [1.807, 2.05) is 50.4 Å². The van der Waals surface area contributed by atoms with Gasteiger partial charge in [0.15, 0.2) is 0 Å². The lowest BCUT2D eigenvalue weighted by molar-refractivity contribution is 0.414. The van der Waals surface area contributed by atoms with Gasteiger partial charge in [0.05, 0.1) is 23.0 Å². The van der Waals surface area contributed by atoms with E-state index in [0.717, 1.165) is 27.3 Å². The van der Waals surface area contributed by atoms with E-state index < -0.39 is 0 Å². The molecule has 5 heteroatoms. The highest BCUT2D eigenvalue weighted by atomic mass is 32.1. The second-order valence-corrected chi connectivity index (χ2v) is 5.91. The van der Waals surface area contributed by atoms with E-state index in [4.69, 9.17) is 4.74 Å². The Bertz CT molecular complexity index is 905. The van der Waals surface area contributed by atoms with Crippen LogP contribution in [0, 0.1) is 0 Å². The van der Waals surface area contributed by atoms with Crippen LogP contribution in [0.1, 0.15) is 12.5 Å². The predicted octanol–water partition coefficient (Wildman–Crippen LogP) is 3.57. The molecule has 0 aliphatic heterocycles. The summed E-state index contributed by atoms with van der Waals surface area (Å²) in [6.07, 6.45) is 0. The van der Waals surface area contributed by atoms with Crippen molar-refractivity contribution in [2.75, 3.05) is 7.11 Å². The summed E-state index contributed by atoms with van der Waals surface area (Å²) in [6, 6.07) is 16.1. The molecule has 0 amide bonds. The molecule has 22 heavy (non-hydrogen) atoms. The standard InChI is InChI=1S/C17H17N3OS/c1-12(13-8-4-6-10-15(13)21-3)18-19-17-20(2)14-9-5-7-11-16(14)22-17/h4-11H,1-3H3. The van der Waals surface area contributed by atoms with Crippen LogP contribution in [0.4, 0.5) is 0 Å². The van der Waals surface area contributed by atoms with Crippen LogP contribution in [-0.2, 0) is 7.05 Å². The van der Waals surface area contributed by atoms with Crippen molar-refractivity contribution in [1.29, 1.82) is 0 Å². The molecule has 0 unspecified atom stereocenters. The van der Waals surface area contributed by atoms with E-state index in [2.05, 4.69) is 26.9 Å². The Kier molecular flexibility index (Phi) is 4.06. The highest BCUT2D eigenvalue weighted by Gasteiger charge is 2.05. The number of methoxy groups -OCH3 is 1. The summed E-state index contributed by atoms with van der Waals surface area (Å²) in [6.45, 7) is 1.94. The predicted molar refractivity (Wildman–Crippen MR) is 91.6 cm³/mol. The Morgan fingerprint density at radius 3 is 2.59 bits per heavy atom. The monoisotopic (exact) mass is 311 g/mol. The molecule has 0 N–H and O–H groups in total. The molecule has 0 atom stereocenters. The first-order valence-corrected chi connectivity index (χ1v) is 7.78. The maximum Gasteiger partial charge on any atom is 0.211 e. The minimum Gasteiger partial charge on any atom is -0.496 e. The van der Waals surface area contributed by atoms with Gasteiger partial charge in [0.2, 0.25) is 4.80 Å². The minimum absolute atomic E-state index is 0.805. The van der Waals surface area contributed by atoms with Gasteiger partial charge in [-0.15, -0.1) is 5.10 Å². The molecule has 0 fully saturated rings. The molecule has 4 nitrogen and oxygen atoms in total. The first kappa shape index (κ1) is 14.5.